The number of halogens is 3. The Morgan fingerprint density at radius 2 is 1.44 bits per heavy atom. The van der Waals surface area contributed by atoms with E-state index in [0.717, 1.165) is 21.0 Å². The molecule has 13 heteroatoms. The first-order valence-electron chi connectivity index (χ1n) is 7.35. The molecule has 0 amide bonds. The van der Waals surface area contributed by atoms with Gasteiger partial charge < -0.3 is 28.4 Å². The van der Waals surface area contributed by atoms with Crippen molar-refractivity contribution in [2.24, 2.45) is 0 Å². The largest absolute Gasteiger partial charge is 0.467 e. The molecule has 154 valence electrons. The molecule has 5 atom stereocenters. The minimum atomic E-state index is -2.25. The second-order valence-corrected chi connectivity index (χ2v) is 7.52. The molecule has 1 N–H and O–H groups in total. The van der Waals surface area contributed by atoms with Gasteiger partial charge in [0, 0.05) is 21.0 Å². The number of alkyl halides is 3. The average Bonchev–Trinajstić information content (AvgIpc) is 2.54. The molecule has 1 fully saturated rings. The van der Waals surface area contributed by atoms with Gasteiger partial charge in [-0.2, -0.15) is 0 Å². The van der Waals surface area contributed by atoms with E-state index in [4.69, 9.17) is 63.9 Å². The molecule has 1 heterocycles. The van der Waals surface area contributed by atoms with Crippen molar-refractivity contribution in [3.05, 3.63) is 0 Å². The standard InChI is InChI=1S/C14H18Cl3NO9/c1-5(19)24-8-7(22-3)10(25-6(2)20)12(26-9(8)11(21)23-4)27-13(18)14(15,16)17/h7-10,12,18H,1-4H3/t7-,8-,9+,10+,12-/m0/s1. The van der Waals surface area contributed by atoms with Crippen molar-refractivity contribution in [1.82, 2.24) is 0 Å². The maximum atomic E-state index is 12.1. The summed E-state index contributed by atoms with van der Waals surface area (Å²) in [4.78, 5) is 35.0. The SMILES string of the molecule is COC(=O)[C@@H]1O[C@@H](OC(=N)C(Cl)(Cl)Cl)[C@H](OC(C)=O)[C@@H](OC)[C@@H]1OC(C)=O. The second-order valence-electron chi connectivity index (χ2n) is 5.24. The van der Waals surface area contributed by atoms with Crippen LogP contribution in [-0.2, 0) is 42.8 Å². The maximum Gasteiger partial charge on any atom is 0.339 e. The molecule has 0 unspecified atom stereocenters. The molecule has 0 saturated carbocycles. The molecule has 1 saturated heterocycles. The Kier molecular flexibility index (Phi) is 8.55. The number of nitrogens with one attached hydrogen (secondary N) is 1. The van der Waals surface area contributed by atoms with Gasteiger partial charge in [-0.1, -0.05) is 34.8 Å². The quantitative estimate of drug-likeness (QED) is 0.215. The molecule has 0 aromatic rings. The minimum absolute atomic E-state index is 0.755. The number of rotatable bonds is 5. The van der Waals surface area contributed by atoms with Crippen LogP contribution in [0.25, 0.3) is 0 Å². The second kappa shape index (κ2) is 9.74. The lowest BCUT2D eigenvalue weighted by Gasteiger charge is -2.43. The molecule has 0 radical (unpaired) electrons. The van der Waals surface area contributed by atoms with E-state index in [1.54, 1.807) is 0 Å². The minimum Gasteiger partial charge on any atom is -0.467 e. The van der Waals surface area contributed by atoms with E-state index in [9.17, 15) is 14.4 Å². The van der Waals surface area contributed by atoms with E-state index in [-0.39, 0.29) is 0 Å². The highest BCUT2D eigenvalue weighted by Gasteiger charge is 2.55. The zero-order valence-electron chi connectivity index (χ0n) is 14.7. The van der Waals surface area contributed by atoms with Crippen molar-refractivity contribution in [1.29, 1.82) is 5.41 Å². The third-order valence-corrected chi connectivity index (χ3v) is 3.81. The van der Waals surface area contributed by atoms with Gasteiger partial charge in [0.15, 0.2) is 18.3 Å². The molecular weight excluding hydrogens is 433 g/mol. The molecule has 0 bridgehead atoms. The number of hydrogen-bond acceptors (Lipinski definition) is 10. The van der Waals surface area contributed by atoms with Crippen molar-refractivity contribution in [3.63, 3.8) is 0 Å². The lowest BCUT2D eigenvalue weighted by atomic mass is 9.98. The Hall–Kier alpha value is -1.33. The molecule has 0 aromatic heterocycles. The zero-order valence-corrected chi connectivity index (χ0v) is 17.0. The highest BCUT2D eigenvalue weighted by atomic mass is 35.6. The van der Waals surface area contributed by atoms with Crippen LogP contribution in [0.15, 0.2) is 0 Å². The molecule has 0 aromatic carbocycles. The van der Waals surface area contributed by atoms with Crippen LogP contribution in [0.1, 0.15) is 13.8 Å². The number of carbonyl (C=O) groups is 3. The highest BCUT2D eigenvalue weighted by molar-refractivity contribution is 6.76. The summed E-state index contributed by atoms with van der Waals surface area (Å²) >= 11 is 16.7. The van der Waals surface area contributed by atoms with E-state index >= 15 is 0 Å². The molecule has 27 heavy (non-hydrogen) atoms. The summed E-state index contributed by atoms with van der Waals surface area (Å²) < 4.78 is 28.4. The summed E-state index contributed by atoms with van der Waals surface area (Å²) in [7, 11) is 2.30. The van der Waals surface area contributed by atoms with Crippen molar-refractivity contribution in [2.75, 3.05) is 14.2 Å². The topological polar surface area (TPSA) is 130 Å². The van der Waals surface area contributed by atoms with Crippen LogP contribution in [0.3, 0.4) is 0 Å². The van der Waals surface area contributed by atoms with Gasteiger partial charge in [0.25, 0.3) is 3.79 Å². The molecule has 10 nitrogen and oxygen atoms in total. The first kappa shape index (κ1) is 23.7. The Morgan fingerprint density at radius 3 is 1.85 bits per heavy atom. The van der Waals surface area contributed by atoms with Crippen molar-refractivity contribution in [3.8, 4) is 0 Å². The summed E-state index contributed by atoms with van der Waals surface area (Å²) in [5.74, 6) is -3.31. The molecule has 1 aliphatic heterocycles. The first-order chi connectivity index (χ1) is 12.4. The molecule has 0 aliphatic carbocycles. The maximum absolute atomic E-state index is 12.1. The van der Waals surface area contributed by atoms with Crippen LogP contribution < -0.4 is 0 Å². The van der Waals surface area contributed by atoms with E-state index in [2.05, 4.69) is 4.74 Å². The van der Waals surface area contributed by atoms with E-state index < -0.39 is 58.3 Å². The van der Waals surface area contributed by atoms with Gasteiger partial charge in [-0.25, -0.2) is 4.79 Å². The predicted molar refractivity (Wildman–Crippen MR) is 91.7 cm³/mol. The third kappa shape index (κ3) is 6.35. The zero-order chi connectivity index (χ0) is 20.9. The Balaban J connectivity index is 3.30. The van der Waals surface area contributed by atoms with Gasteiger partial charge in [0.1, 0.15) is 6.10 Å². The van der Waals surface area contributed by atoms with Crippen LogP contribution in [0, 0.1) is 5.41 Å². The smallest absolute Gasteiger partial charge is 0.339 e. The predicted octanol–water partition coefficient (Wildman–Crippen LogP) is 1.13. The normalized spacial score (nSPS) is 28.0. The summed E-state index contributed by atoms with van der Waals surface area (Å²) in [6.45, 7) is 2.19. The first-order valence-corrected chi connectivity index (χ1v) is 8.48. The third-order valence-electron chi connectivity index (χ3n) is 3.30. The number of esters is 3. The van der Waals surface area contributed by atoms with Crippen molar-refractivity contribution in [2.45, 2.75) is 48.3 Å². The number of carbonyl (C=O) groups excluding carboxylic acids is 3. The summed E-state index contributed by atoms with van der Waals surface area (Å²) in [6.07, 6.45) is -7.05. The van der Waals surface area contributed by atoms with Crippen LogP contribution in [0.5, 0.6) is 0 Å². The fourth-order valence-corrected chi connectivity index (χ4v) is 2.43. The fraction of sp³-hybridized carbons (Fsp3) is 0.714. The van der Waals surface area contributed by atoms with E-state index in [1.807, 2.05) is 0 Å². The number of ether oxygens (including phenoxy) is 6. The fourth-order valence-electron chi connectivity index (χ4n) is 2.30. The molecular formula is C14H18Cl3NO9. The van der Waals surface area contributed by atoms with Gasteiger partial charge in [-0.05, 0) is 0 Å². The lowest BCUT2D eigenvalue weighted by molar-refractivity contribution is -0.286. The van der Waals surface area contributed by atoms with Crippen molar-refractivity contribution >= 4 is 58.6 Å². The van der Waals surface area contributed by atoms with Gasteiger partial charge in [-0.15, -0.1) is 0 Å². The van der Waals surface area contributed by atoms with Gasteiger partial charge in [-0.3, -0.25) is 15.0 Å². The van der Waals surface area contributed by atoms with Gasteiger partial charge in [0.2, 0.25) is 12.2 Å². The van der Waals surface area contributed by atoms with Gasteiger partial charge in [0.05, 0.1) is 7.11 Å². The van der Waals surface area contributed by atoms with Gasteiger partial charge >= 0.3 is 17.9 Å². The summed E-state index contributed by atoms with van der Waals surface area (Å²) in [5, 5.41) is 7.67. The Bertz CT molecular complexity index is 595. The molecule has 0 spiro atoms. The highest BCUT2D eigenvalue weighted by Crippen LogP contribution is 2.33. The van der Waals surface area contributed by atoms with E-state index in [1.165, 1.54) is 7.11 Å². The summed E-state index contributed by atoms with van der Waals surface area (Å²) in [5.41, 5.74) is 0. The van der Waals surface area contributed by atoms with Crippen molar-refractivity contribution < 1.29 is 42.8 Å². The Labute approximate surface area is 169 Å². The number of hydrogen-bond donors (Lipinski definition) is 1. The van der Waals surface area contributed by atoms with Crippen LogP contribution in [-0.4, -0.2) is 72.5 Å². The van der Waals surface area contributed by atoms with Crippen LogP contribution in [0.2, 0.25) is 0 Å². The number of methoxy groups -OCH3 is 2. The molecule has 1 rings (SSSR count). The average molecular weight is 451 g/mol. The van der Waals surface area contributed by atoms with Crippen LogP contribution >= 0.6 is 34.8 Å². The lowest BCUT2D eigenvalue weighted by Crippen LogP contribution is -2.63. The Morgan fingerprint density at radius 1 is 0.926 bits per heavy atom. The monoisotopic (exact) mass is 449 g/mol. The van der Waals surface area contributed by atoms with Crippen LogP contribution in [0.4, 0.5) is 0 Å². The molecule has 1 aliphatic rings. The summed E-state index contributed by atoms with van der Waals surface area (Å²) in [6, 6.07) is 0. The van der Waals surface area contributed by atoms with E-state index in [0.29, 0.717) is 0 Å².